The van der Waals surface area contributed by atoms with E-state index in [-0.39, 0.29) is 17.0 Å². The smallest absolute Gasteiger partial charge is 0.245 e. The lowest BCUT2D eigenvalue weighted by Crippen LogP contribution is -2.76. The highest BCUT2D eigenvalue weighted by molar-refractivity contribution is 5.87. The Morgan fingerprint density at radius 1 is 1.12 bits per heavy atom. The Morgan fingerprint density at radius 3 is 1.96 bits per heavy atom. The molecule has 0 N–H and O–H groups in total. The summed E-state index contributed by atoms with van der Waals surface area (Å²) in [6, 6.07) is 2.20. The van der Waals surface area contributed by atoms with Gasteiger partial charge in [0.05, 0.1) is 11.6 Å². The van der Waals surface area contributed by atoms with Gasteiger partial charge in [-0.15, -0.1) is 0 Å². The van der Waals surface area contributed by atoms with E-state index in [4.69, 9.17) is 4.84 Å². The van der Waals surface area contributed by atoms with E-state index in [1.165, 1.54) is 0 Å². The summed E-state index contributed by atoms with van der Waals surface area (Å²) in [7, 11) is 0. The SMILES string of the molecule is CCC1(CC)CN(C(C)(C)C)C(=O)C(C)(CC)N1OC(C)(C)C#N. The molecule has 1 unspecified atom stereocenters. The molecule has 1 aliphatic heterocycles. The molecule has 138 valence electrons. The maximum atomic E-state index is 13.4. The van der Waals surface area contributed by atoms with Gasteiger partial charge < -0.3 is 4.90 Å². The summed E-state index contributed by atoms with van der Waals surface area (Å²) in [5.74, 6) is 0.0729. The number of piperazine rings is 1. The van der Waals surface area contributed by atoms with Crippen molar-refractivity contribution in [3.8, 4) is 6.07 Å². The molecule has 1 saturated heterocycles. The molecule has 5 heteroatoms. The first kappa shape index (κ1) is 20.9. The molecule has 0 spiro atoms. The van der Waals surface area contributed by atoms with Crippen molar-refractivity contribution in [3.63, 3.8) is 0 Å². The van der Waals surface area contributed by atoms with Gasteiger partial charge >= 0.3 is 0 Å². The van der Waals surface area contributed by atoms with E-state index in [9.17, 15) is 10.1 Å². The third kappa shape index (κ3) is 3.45. The minimum absolute atomic E-state index is 0.0729. The monoisotopic (exact) mass is 337 g/mol. The Morgan fingerprint density at radius 2 is 1.62 bits per heavy atom. The maximum Gasteiger partial charge on any atom is 0.245 e. The molecule has 0 aromatic carbocycles. The van der Waals surface area contributed by atoms with Crippen molar-refractivity contribution in [3.05, 3.63) is 0 Å². The first-order valence-electron chi connectivity index (χ1n) is 9.06. The van der Waals surface area contributed by atoms with Crippen LogP contribution in [0.5, 0.6) is 0 Å². The minimum Gasteiger partial charge on any atom is -0.334 e. The van der Waals surface area contributed by atoms with E-state index >= 15 is 0 Å². The largest absolute Gasteiger partial charge is 0.334 e. The van der Waals surface area contributed by atoms with E-state index in [0.717, 1.165) is 12.8 Å². The van der Waals surface area contributed by atoms with E-state index < -0.39 is 11.1 Å². The number of nitrogens with zero attached hydrogens (tertiary/aromatic N) is 3. The van der Waals surface area contributed by atoms with Gasteiger partial charge in [0.2, 0.25) is 5.91 Å². The number of hydrogen-bond donors (Lipinski definition) is 0. The van der Waals surface area contributed by atoms with Crippen LogP contribution >= 0.6 is 0 Å². The van der Waals surface area contributed by atoms with Gasteiger partial charge in [0.15, 0.2) is 5.60 Å². The van der Waals surface area contributed by atoms with Gasteiger partial charge in [-0.3, -0.25) is 9.63 Å². The fourth-order valence-electron chi connectivity index (χ4n) is 3.38. The second-order valence-corrected chi connectivity index (χ2v) is 8.63. The highest BCUT2D eigenvalue weighted by atomic mass is 16.7. The molecular formula is C19H35N3O2. The molecule has 0 saturated carbocycles. The zero-order valence-corrected chi connectivity index (χ0v) is 17.0. The lowest BCUT2D eigenvalue weighted by Gasteiger charge is -2.60. The van der Waals surface area contributed by atoms with E-state index in [2.05, 4.69) is 40.7 Å². The van der Waals surface area contributed by atoms with E-state index in [1.54, 1.807) is 13.8 Å². The topological polar surface area (TPSA) is 56.6 Å². The number of carbonyl (C=O) groups is 1. The summed E-state index contributed by atoms with van der Waals surface area (Å²) < 4.78 is 0. The fourth-order valence-corrected chi connectivity index (χ4v) is 3.38. The molecule has 24 heavy (non-hydrogen) atoms. The second-order valence-electron chi connectivity index (χ2n) is 8.63. The molecule has 0 aliphatic carbocycles. The number of hydroxylamine groups is 2. The van der Waals surface area contributed by atoms with Crippen molar-refractivity contribution >= 4 is 5.91 Å². The van der Waals surface area contributed by atoms with Gasteiger partial charge in [0, 0.05) is 12.1 Å². The summed E-state index contributed by atoms with van der Waals surface area (Å²) in [6.07, 6.45) is 2.32. The van der Waals surface area contributed by atoms with Crippen LogP contribution in [-0.2, 0) is 9.63 Å². The van der Waals surface area contributed by atoms with Crippen LogP contribution in [0.1, 0.15) is 81.6 Å². The van der Waals surface area contributed by atoms with E-state index in [0.29, 0.717) is 13.0 Å². The van der Waals surface area contributed by atoms with Crippen LogP contribution in [0.2, 0.25) is 0 Å². The quantitative estimate of drug-likeness (QED) is 0.763. The Hall–Kier alpha value is -1.12. The molecule has 0 radical (unpaired) electrons. The zero-order chi connectivity index (χ0) is 19.0. The van der Waals surface area contributed by atoms with Crippen molar-refractivity contribution in [2.45, 2.75) is 104 Å². The molecule has 0 aromatic rings. The molecule has 5 nitrogen and oxygen atoms in total. The predicted octanol–water partition coefficient (Wildman–Crippen LogP) is 3.89. The number of amides is 1. The van der Waals surface area contributed by atoms with Gasteiger partial charge in [-0.1, -0.05) is 20.8 Å². The predicted molar refractivity (Wildman–Crippen MR) is 96.1 cm³/mol. The maximum absolute atomic E-state index is 13.4. The van der Waals surface area contributed by atoms with Gasteiger partial charge in [-0.25, -0.2) is 0 Å². The van der Waals surface area contributed by atoms with E-state index in [1.807, 2.05) is 23.8 Å². The lowest BCUT2D eigenvalue weighted by atomic mass is 9.79. The molecule has 0 bridgehead atoms. The van der Waals surface area contributed by atoms with Crippen LogP contribution in [0.4, 0.5) is 0 Å². The van der Waals surface area contributed by atoms with Crippen LogP contribution < -0.4 is 0 Å². The van der Waals surface area contributed by atoms with Crippen LogP contribution in [0.3, 0.4) is 0 Å². The number of rotatable bonds is 5. The number of hydrogen-bond acceptors (Lipinski definition) is 4. The molecule has 1 rings (SSSR count). The number of nitriles is 1. The zero-order valence-electron chi connectivity index (χ0n) is 17.0. The molecule has 1 fully saturated rings. The lowest BCUT2D eigenvalue weighted by molar-refractivity contribution is -0.326. The fraction of sp³-hybridized carbons (Fsp3) is 0.895. The summed E-state index contributed by atoms with van der Waals surface area (Å²) in [5, 5.41) is 11.3. The van der Waals surface area contributed by atoms with Crippen molar-refractivity contribution < 1.29 is 9.63 Å². The average Bonchev–Trinajstić information content (AvgIpc) is 2.51. The highest BCUT2D eigenvalue weighted by Crippen LogP contribution is 2.43. The summed E-state index contributed by atoms with van der Waals surface area (Å²) in [4.78, 5) is 21.5. The van der Waals surface area contributed by atoms with Crippen molar-refractivity contribution in [2.24, 2.45) is 0 Å². The van der Waals surface area contributed by atoms with Crippen LogP contribution in [-0.4, -0.2) is 44.6 Å². The first-order valence-corrected chi connectivity index (χ1v) is 9.06. The molecule has 0 aromatic heterocycles. The number of carbonyl (C=O) groups excluding carboxylic acids is 1. The van der Waals surface area contributed by atoms with Crippen molar-refractivity contribution in [2.75, 3.05) is 6.54 Å². The standard InChI is InChI=1S/C19H35N3O2/c1-10-18(9)15(23)21(16(4,5)6)14-19(11-2,12-3)22(18)24-17(7,8)13-20/h10-12,14H2,1-9H3. The van der Waals surface area contributed by atoms with Crippen LogP contribution in [0.25, 0.3) is 0 Å². The summed E-state index contributed by atoms with van der Waals surface area (Å²) >= 11 is 0. The normalized spacial score (nSPS) is 25.7. The Labute approximate surface area is 147 Å². The van der Waals surface area contributed by atoms with Crippen molar-refractivity contribution in [1.29, 1.82) is 5.26 Å². The molecule has 1 atom stereocenters. The molecule has 1 aliphatic rings. The third-order valence-electron chi connectivity index (χ3n) is 5.44. The third-order valence-corrected chi connectivity index (χ3v) is 5.44. The minimum atomic E-state index is -0.976. The van der Waals surface area contributed by atoms with Crippen LogP contribution in [0.15, 0.2) is 0 Å². The van der Waals surface area contributed by atoms with Gasteiger partial charge in [-0.05, 0) is 60.8 Å². The molecule has 1 amide bonds. The second kappa shape index (κ2) is 6.65. The summed E-state index contributed by atoms with van der Waals surface area (Å²) in [6.45, 7) is 18.6. The van der Waals surface area contributed by atoms with Gasteiger partial charge in [-0.2, -0.15) is 10.3 Å². The molecular weight excluding hydrogens is 302 g/mol. The summed E-state index contributed by atoms with van der Waals surface area (Å²) in [5.41, 5.74) is -2.32. The molecule has 1 heterocycles. The first-order chi connectivity index (χ1) is 10.8. The van der Waals surface area contributed by atoms with Gasteiger partial charge in [0.1, 0.15) is 5.54 Å². The average molecular weight is 338 g/mol. The van der Waals surface area contributed by atoms with Gasteiger partial charge in [0.25, 0.3) is 0 Å². The highest BCUT2D eigenvalue weighted by Gasteiger charge is 2.58. The Balaban J connectivity index is 3.52. The van der Waals surface area contributed by atoms with Crippen LogP contribution in [0, 0.1) is 11.3 Å². The van der Waals surface area contributed by atoms with Crippen molar-refractivity contribution in [1.82, 2.24) is 9.96 Å². The Bertz CT molecular complexity index is 512. The Kier molecular flexibility index (Phi) is 5.80.